The molecule has 1 atom stereocenters. The Labute approximate surface area is 116 Å². The number of carbonyl (C=O) groups is 1. The third kappa shape index (κ3) is 5.33. The number of hydrogen-bond acceptors (Lipinski definition) is 6. The first-order valence-electron chi connectivity index (χ1n) is 6.23. The molecule has 0 saturated heterocycles. The van der Waals surface area contributed by atoms with Gasteiger partial charge in [-0.05, 0) is 12.1 Å². The van der Waals surface area contributed by atoms with Gasteiger partial charge in [0.25, 0.3) is 5.69 Å². The van der Waals surface area contributed by atoms with E-state index in [1.807, 2.05) is 13.8 Å². The second-order valence-electron chi connectivity index (χ2n) is 4.62. The molecule has 0 radical (unpaired) electrons. The van der Waals surface area contributed by atoms with E-state index >= 15 is 0 Å². The minimum atomic E-state index is -0.792. The summed E-state index contributed by atoms with van der Waals surface area (Å²) in [5.74, 6) is -0.622. The van der Waals surface area contributed by atoms with Gasteiger partial charge in [0, 0.05) is 24.7 Å². The van der Waals surface area contributed by atoms with Gasteiger partial charge >= 0.3 is 5.97 Å². The number of aliphatic hydroxyl groups excluding tert-OH is 1. The van der Waals surface area contributed by atoms with Crippen molar-refractivity contribution in [3.8, 4) is 0 Å². The molecular formula is C13H18N2O5. The summed E-state index contributed by atoms with van der Waals surface area (Å²) < 4.78 is 4.92. The Bertz CT molecular complexity index is 458. The molecule has 7 nitrogen and oxygen atoms in total. The zero-order valence-electron chi connectivity index (χ0n) is 11.4. The molecule has 0 aliphatic rings. The first kappa shape index (κ1) is 16.1. The van der Waals surface area contributed by atoms with Crippen molar-refractivity contribution in [2.75, 3.05) is 13.2 Å². The number of nitro groups is 1. The number of nitro benzene ring substituents is 1. The Hall–Kier alpha value is -1.99. The molecule has 0 aliphatic heterocycles. The second kappa shape index (κ2) is 7.56. The highest BCUT2D eigenvalue weighted by atomic mass is 16.6. The fourth-order valence-corrected chi connectivity index (χ4v) is 1.41. The molecule has 1 aromatic rings. The lowest BCUT2D eigenvalue weighted by Gasteiger charge is -2.14. The molecule has 110 valence electrons. The Balaban J connectivity index is 2.44. The highest BCUT2D eigenvalue weighted by molar-refractivity contribution is 5.89. The Kier molecular flexibility index (Phi) is 6.08. The first-order valence-corrected chi connectivity index (χ1v) is 6.23. The normalized spacial score (nSPS) is 12.2. The lowest BCUT2D eigenvalue weighted by atomic mass is 10.2. The molecule has 0 amide bonds. The minimum Gasteiger partial charge on any atom is -0.459 e. The predicted molar refractivity (Wildman–Crippen MR) is 72.5 cm³/mol. The van der Waals surface area contributed by atoms with E-state index in [0.717, 1.165) is 0 Å². The van der Waals surface area contributed by atoms with Crippen molar-refractivity contribution in [3.05, 3.63) is 39.9 Å². The zero-order valence-corrected chi connectivity index (χ0v) is 11.4. The summed E-state index contributed by atoms with van der Waals surface area (Å²) in [7, 11) is 0. The maximum Gasteiger partial charge on any atom is 0.338 e. The summed E-state index contributed by atoms with van der Waals surface area (Å²) in [6.45, 7) is 4.08. The van der Waals surface area contributed by atoms with Crippen LogP contribution >= 0.6 is 0 Å². The summed E-state index contributed by atoms with van der Waals surface area (Å²) in [6.07, 6.45) is -0.792. The van der Waals surface area contributed by atoms with Gasteiger partial charge in [0.1, 0.15) is 12.7 Å². The molecule has 7 heteroatoms. The van der Waals surface area contributed by atoms with Gasteiger partial charge in [0.2, 0.25) is 0 Å². The highest BCUT2D eigenvalue weighted by Crippen LogP contribution is 2.12. The van der Waals surface area contributed by atoms with Crippen LogP contribution in [0.3, 0.4) is 0 Å². The van der Waals surface area contributed by atoms with Crippen LogP contribution in [0, 0.1) is 10.1 Å². The maximum absolute atomic E-state index is 11.6. The largest absolute Gasteiger partial charge is 0.459 e. The van der Waals surface area contributed by atoms with Crippen LogP contribution < -0.4 is 5.32 Å². The number of hydrogen-bond donors (Lipinski definition) is 2. The van der Waals surface area contributed by atoms with Crippen molar-refractivity contribution in [2.24, 2.45) is 0 Å². The summed E-state index contributed by atoms with van der Waals surface area (Å²) >= 11 is 0. The Morgan fingerprint density at radius 2 is 2.00 bits per heavy atom. The lowest BCUT2D eigenvalue weighted by molar-refractivity contribution is -0.384. The average Bonchev–Trinajstić information content (AvgIpc) is 2.42. The van der Waals surface area contributed by atoms with Gasteiger partial charge in [-0.3, -0.25) is 10.1 Å². The van der Waals surface area contributed by atoms with Crippen molar-refractivity contribution in [3.63, 3.8) is 0 Å². The van der Waals surface area contributed by atoms with Gasteiger partial charge in [-0.1, -0.05) is 13.8 Å². The van der Waals surface area contributed by atoms with Gasteiger partial charge in [0.05, 0.1) is 10.5 Å². The average molecular weight is 282 g/mol. The number of rotatable bonds is 7. The molecule has 0 heterocycles. The van der Waals surface area contributed by atoms with Crippen LogP contribution in [0.25, 0.3) is 0 Å². The second-order valence-corrected chi connectivity index (χ2v) is 4.62. The Morgan fingerprint density at radius 3 is 2.50 bits per heavy atom. The quantitative estimate of drug-likeness (QED) is 0.441. The number of ether oxygens (including phenoxy) is 1. The molecule has 0 unspecified atom stereocenters. The van der Waals surface area contributed by atoms with E-state index in [2.05, 4.69) is 5.32 Å². The van der Waals surface area contributed by atoms with E-state index in [0.29, 0.717) is 6.54 Å². The van der Waals surface area contributed by atoms with Gasteiger partial charge in [-0.15, -0.1) is 0 Å². The molecule has 20 heavy (non-hydrogen) atoms. The number of non-ortho nitro benzene ring substituents is 1. The van der Waals surface area contributed by atoms with Crippen molar-refractivity contribution in [1.82, 2.24) is 5.32 Å². The molecule has 1 aromatic carbocycles. The summed E-state index contributed by atoms with van der Waals surface area (Å²) in [6, 6.07) is 5.33. The van der Waals surface area contributed by atoms with Gasteiger partial charge in [-0.2, -0.15) is 0 Å². The lowest BCUT2D eigenvalue weighted by Crippen LogP contribution is -2.35. The van der Waals surface area contributed by atoms with Crippen molar-refractivity contribution >= 4 is 11.7 Å². The van der Waals surface area contributed by atoms with E-state index in [1.54, 1.807) is 0 Å². The van der Waals surface area contributed by atoms with Crippen LogP contribution in [0.15, 0.2) is 24.3 Å². The van der Waals surface area contributed by atoms with E-state index < -0.39 is 17.0 Å². The van der Waals surface area contributed by atoms with Crippen molar-refractivity contribution < 1.29 is 19.6 Å². The SMILES string of the molecule is CC(C)NC[C@H](O)COC(=O)c1ccc([N+](=O)[O-])cc1. The number of benzene rings is 1. The standard InChI is InChI=1S/C13H18N2O5/c1-9(2)14-7-12(16)8-20-13(17)10-3-5-11(6-4-10)15(18)19/h3-6,9,12,14,16H,7-8H2,1-2H3/t12-/m0/s1. The molecule has 0 bridgehead atoms. The van der Waals surface area contributed by atoms with Gasteiger partial charge in [-0.25, -0.2) is 4.79 Å². The summed E-state index contributed by atoms with van der Waals surface area (Å²) in [5.41, 5.74) is 0.113. The van der Waals surface area contributed by atoms with E-state index in [1.165, 1.54) is 24.3 Å². The minimum absolute atomic E-state index is 0.0947. The summed E-state index contributed by atoms with van der Waals surface area (Å²) in [4.78, 5) is 21.6. The topological polar surface area (TPSA) is 102 Å². The van der Waals surface area contributed by atoms with Gasteiger partial charge in [0.15, 0.2) is 0 Å². The van der Waals surface area contributed by atoms with Crippen LogP contribution in [0.1, 0.15) is 24.2 Å². The van der Waals surface area contributed by atoms with E-state index in [9.17, 15) is 20.0 Å². The fourth-order valence-electron chi connectivity index (χ4n) is 1.41. The number of nitrogens with zero attached hydrogens (tertiary/aromatic N) is 1. The molecule has 1 rings (SSSR count). The summed E-state index contributed by atoms with van der Waals surface area (Å²) in [5, 5.41) is 23.1. The number of aliphatic hydroxyl groups is 1. The van der Waals surface area contributed by atoms with E-state index in [4.69, 9.17) is 4.74 Å². The molecule has 2 N–H and O–H groups in total. The van der Waals surface area contributed by atoms with Crippen LogP contribution in [-0.2, 0) is 4.74 Å². The predicted octanol–water partition coefficient (Wildman–Crippen LogP) is 1.11. The highest BCUT2D eigenvalue weighted by Gasteiger charge is 2.13. The fraction of sp³-hybridized carbons (Fsp3) is 0.462. The molecule has 0 saturated carbocycles. The van der Waals surface area contributed by atoms with Crippen LogP contribution in [0.4, 0.5) is 5.69 Å². The maximum atomic E-state index is 11.6. The first-order chi connectivity index (χ1) is 9.40. The molecule has 0 aliphatic carbocycles. The van der Waals surface area contributed by atoms with Crippen LogP contribution in [0.5, 0.6) is 0 Å². The van der Waals surface area contributed by atoms with Crippen LogP contribution in [0.2, 0.25) is 0 Å². The number of esters is 1. The molecule has 0 fully saturated rings. The third-order valence-corrected chi connectivity index (χ3v) is 2.48. The smallest absolute Gasteiger partial charge is 0.338 e. The van der Waals surface area contributed by atoms with Gasteiger partial charge < -0.3 is 15.2 Å². The monoisotopic (exact) mass is 282 g/mol. The number of carbonyl (C=O) groups excluding carboxylic acids is 1. The van der Waals surface area contributed by atoms with Crippen molar-refractivity contribution in [1.29, 1.82) is 0 Å². The molecular weight excluding hydrogens is 264 g/mol. The molecule has 0 spiro atoms. The molecule has 0 aromatic heterocycles. The third-order valence-electron chi connectivity index (χ3n) is 2.48. The Morgan fingerprint density at radius 1 is 1.40 bits per heavy atom. The number of nitrogens with one attached hydrogen (secondary N) is 1. The van der Waals surface area contributed by atoms with E-state index in [-0.39, 0.29) is 23.9 Å². The zero-order chi connectivity index (χ0) is 15.1. The van der Waals surface area contributed by atoms with Crippen molar-refractivity contribution in [2.45, 2.75) is 26.0 Å². The van der Waals surface area contributed by atoms with Crippen LogP contribution in [-0.4, -0.2) is 41.3 Å².